The molecule has 4 rings (SSSR count). The van der Waals surface area contributed by atoms with Crippen LogP contribution in [0.5, 0.6) is 0 Å². The number of hydrogen-bond donors (Lipinski definition) is 3. The molecule has 3 N–H and O–H groups in total. The van der Waals surface area contributed by atoms with Gasteiger partial charge in [0, 0.05) is 18.2 Å². The fourth-order valence-electron chi connectivity index (χ4n) is 4.15. The lowest BCUT2D eigenvalue weighted by molar-refractivity contribution is -0.133. The van der Waals surface area contributed by atoms with E-state index in [2.05, 4.69) is 10.3 Å². The minimum absolute atomic E-state index is 0.198. The molecule has 2 atom stereocenters. The SMILES string of the molecule is O=C(N[C@@H]1CCC[C@@H]1C(=O)NO)c1ccc(Cn2c(C(F)F)nc3ccccc32)cc1. The number of rotatable bonds is 6. The second-order valence-electron chi connectivity index (χ2n) is 7.64. The number of carbonyl (C=O) groups is 2. The molecule has 2 aromatic carbocycles. The maximum atomic E-state index is 13.5. The van der Waals surface area contributed by atoms with E-state index < -0.39 is 18.3 Å². The number of hydrogen-bond acceptors (Lipinski definition) is 4. The summed E-state index contributed by atoms with van der Waals surface area (Å²) in [7, 11) is 0. The van der Waals surface area contributed by atoms with Gasteiger partial charge in [0.25, 0.3) is 12.3 Å². The van der Waals surface area contributed by atoms with Crippen LogP contribution in [0.3, 0.4) is 0 Å². The van der Waals surface area contributed by atoms with E-state index in [1.807, 2.05) is 0 Å². The molecule has 162 valence electrons. The highest BCUT2D eigenvalue weighted by Gasteiger charge is 2.34. The van der Waals surface area contributed by atoms with Gasteiger partial charge in [-0.3, -0.25) is 14.8 Å². The highest BCUT2D eigenvalue weighted by Crippen LogP contribution is 2.27. The molecule has 31 heavy (non-hydrogen) atoms. The number of benzene rings is 2. The number of carbonyl (C=O) groups excluding carboxylic acids is 2. The van der Waals surface area contributed by atoms with E-state index in [9.17, 15) is 18.4 Å². The molecular formula is C22H22F2N4O3. The first kappa shape index (κ1) is 20.9. The fourth-order valence-corrected chi connectivity index (χ4v) is 4.15. The highest BCUT2D eigenvalue weighted by molar-refractivity contribution is 5.95. The Labute approximate surface area is 177 Å². The molecule has 0 unspecified atom stereocenters. The number of alkyl halides is 2. The van der Waals surface area contributed by atoms with Crippen LogP contribution in [0.4, 0.5) is 8.78 Å². The number of halogens is 2. The summed E-state index contributed by atoms with van der Waals surface area (Å²) in [4.78, 5) is 28.4. The summed E-state index contributed by atoms with van der Waals surface area (Å²) in [5.41, 5.74) is 3.93. The van der Waals surface area contributed by atoms with Crippen LogP contribution in [0.2, 0.25) is 0 Å². The first-order valence-corrected chi connectivity index (χ1v) is 10.0. The van der Waals surface area contributed by atoms with Gasteiger partial charge in [0.2, 0.25) is 5.91 Å². The average Bonchev–Trinajstić information content (AvgIpc) is 3.38. The molecule has 0 bridgehead atoms. The lowest BCUT2D eigenvalue weighted by Crippen LogP contribution is -2.43. The number of hydroxylamine groups is 1. The average molecular weight is 428 g/mol. The number of aromatic nitrogens is 2. The molecule has 1 aliphatic rings. The van der Waals surface area contributed by atoms with Crippen molar-refractivity contribution in [3.05, 3.63) is 65.5 Å². The molecule has 1 saturated carbocycles. The van der Waals surface area contributed by atoms with Crippen molar-refractivity contribution < 1.29 is 23.6 Å². The van der Waals surface area contributed by atoms with Crippen molar-refractivity contribution in [3.8, 4) is 0 Å². The first-order valence-electron chi connectivity index (χ1n) is 10.0. The Hall–Kier alpha value is -3.33. The minimum atomic E-state index is -2.70. The largest absolute Gasteiger partial charge is 0.349 e. The number of imidazole rings is 1. The van der Waals surface area contributed by atoms with Gasteiger partial charge in [-0.2, -0.15) is 0 Å². The summed E-state index contributed by atoms with van der Waals surface area (Å²) in [5.74, 6) is -1.58. The Bertz CT molecular complexity index is 1100. The molecule has 0 saturated heterocycles. The molecule has 1 fully saturated rings. The maximum Gasteiger partial charge on any atom is 0.295 e. The van der Waals surface area contributed by atoms with E-state index in [4.69, 9.17) is 5.21 Å². The number of para-hydroxylation sites is 2. The van der Waals surface area contributed by atoms with E-state index in [0.717, 1.165) is 12.0 Å². The van der Waals surface area contributed by atoms with Gasteiger partial charge in [0.05, 0.1) is 17.0 Å². The fraction of sp³-hybridized carbons (Fsp3) is 0.318. The Morgan fingerprint density at radius 3 is 2.58 bits per heavy atom. The zero-order chi connectivity index (χ0) is 22.0. The summed E-state index contributed by atoms with van der Waals surface area (Å²) in [6.45, 7) is 0.198. The molecule has 1 aromatic heterocycles. The second-order valence-corrected chi connectivity index (χ2v) is 7.64. The Morgan fingerprint density at radius 1 is 1.13 bits per heavy atom. The molecule has 7 nitrogen and oxygen atoms in total. The molecule has 0 aliphatic heterocycles. The third-order valence-electron chi connectivity index (χ3n) is 5.72. The number of amides is 2. The third kappa shape index (κ3) is 4.27. The smallest absolute Gasteiger partial charge is 0.295 e. The van der Waals surface area contributed by atoms with Crippen LogP contribution < -0.4 is 10.8 Å². The zero-order valence-electron chi connectivity index (χ0n) is 16.6. The van der Waals surface area contributed by atoms with Crippen molar-refractivity contribution in [2.45, 2.75) is 38.3 Å². The second kappa shape index (κ2) is 8.81. The van der Waals surface area contributed by atoms with Crippen molar-refractivity contribution in [1.29, 1.82) is 0 Å². The Kier molecular flexibility index (Phi) is 5.94. The third-order valence-corrected chi connectivity index (χ3v) is 5.72. The molecule has 3 aromatic rings. The van der Waals surface area contributed by atoms with Gasteiger partial charge in [-0.05, 0) is 42.7 Å². The summed E-state index contributed by atoms with van der Waals surface area (Å²) in [6.07, 6.45) is -0.658. The topological polar surface area (TPSA) is 96.3 Å². The number of nitrogens with one attached hydrogen (secondary N) is 2. The van der Waals surface area contributed by atoms with Gasteiger partial charge in [-0.1, -0.05) is 30.7 Å². The van der Waals surface area contributed by atoms with Gasteiger partial charge >= 0.3 is 0 Å². The normalized spacial score (nSPS) is 18.5. The van der Waals surface area contributed by atoms with E-state index in [-0.39, 0.29) is 24.3 Å². The van der Waals surface area contributed by atoms with E-state index >= 15 is 0 Å². The highest BCUT2D eigenvalue weighted by atomic mass is 19.3. The lowest BCUT2D eigenvalue weighted by Gasteiger charge is -2.19. The summed E-state index contributed by atoms with van der Waals surface area (Å²) >= 11 is 0. The summed E-state index contributed by atoms with van der Waals surface area (Å²) in [6, 6.07) is 13.3. The van der Waals surface area contributed by atoms with Crippen LogP contribution in [-0.4, -0.2) is 32.6 Å². The first-order chi connectivity index (χ1) is 15.0. The standard InChI is InChI=1S/C22H22F2N4O3/c23-19(24)20-25-17-5-1-2-7-18(17)28(20)12-13-8-10-14(11-9-13)21(29)26-16-6-3-4-15(16)22(30)27-31/h1-2,5,7-11,15-16,19,31H,3-4,6,12H2,(H,26,29)(H,27,30)/t15-,16+/m0/s1. The van der Waals surface area contributed by atoms with Crippen molar-refractivity contribution in [2.24, 2.45) is 5.92 Å². The van der Waals surface area contributed by atoms with Gasteiger partial charge in [-0.25, -0.2) is 19.2 Å². The van der Waals surface area contributed by atoms with Crippen LogP contribution in [0.15, 0.2) is 48.5 Å². The number of fused-ring (bicyclic) bond motifs is 1. The van der Waals surface area contributed by atoms with Crippen molar-refractivity contribution in [2.75, 3.05) is 0 Å². The summed E-state index contributed by atoms with van der Waals surface area (Å²) in [5, 5.41) is 11.7. The zero-order valence-corrected chi connectivity index (χ0v) is 16.6. The van der Waals surface area contributed by atoms with Gasteiger partial charge < -0.3 is 9.88 Å². The molecular weight excluding hydrogens is 406 g/mol. The quantitative estimate of drug-likeness (QED) is 0.414. The predicted molar refractivity (Wildman–Crippen MR) is 109 cm³/mol. The monoisotopic (exact) mass is 428 g/mol. The van der Waals surface area contributed by atoms with Crippen molar-refractivity contribution >= 4 is 22.8 Å². The predicted octanol–water partition coefficient (Wildman–Crippen LogP) is 3.43. The molecule has 1 aliphatic carbocycles. The number of nitrogens with zero attached hydrogens (tertiary/aromatic N) is 2. The van der Waals surface area contributed by atoms with Gasteiger partial charge in [-0.15, -0.1) is 0 Å². The van der Waals surface area contributed by atoms with Crippen molar-refractivity contribution in [1.82, 2.24) is 20.3 Å². The van der Waals surface area contributed by atoms with Crippen LogP contribution in [0.1, 0.15) is 47.4 Å². The Morgan fingerprint density at radius 2 is 1.87 bits per heavy atom. The maximum absolute atomic E-state index is 13.5. The lowest BCUT2D eigenvalue weighted by atomic mass is 10.0. The van der Waals surface area contributed by atoms with E-state index in [1.54, 1.807) is 54.0 Å². The van der Waals surface area contributed by atoms with Crippen LogP contribution >= 0.6 is 0 Å². The van der Waals surface area contributed by atoms with E-state index in [0.29, 0.717) is 29.4 Å². The van der Waals surface area contributed by atoms with Crippen LogP contribution in [0.25, 0.3) is 11.0 Å². The van der Waals surface area contributed by atoms with Crippen LogP contribution in [0, 0.1) is 5.92 Å². The molecule has 1 heterocycles. The van der Waals surface area contributed by atoms with Crippen LogP contribution in [-0.2, 0) is 11.3 Å². The minimum Gasteiger partial charge on any atom is -0.349 e. The summed E-state index contributed by atoms with van der Waals surface area (Å²) < 4.78 is 28.4. The van der Waals surface area contributed by atoms with Crippen molar-refractivity contribution in [3.63, 3.8) is 0 Å². The van der Waals surface area contributed by atoms with E-state index in [1.165, 1.54) is 4.57 Å². The molecule has 9 heteroatoms. The Balaban J connectivity index is 1.49. The van der Waals surface area contributed by atoms with Gasteiger partial charge in [0.15, 0.2) is 5.82 Å². The molecule has 2 amide bonds. The molecule has 0 radical (unpaired) electrons. The molecule has 0 spiro atoms. The van der Waals surface area contributed by atoms with Gasteiger partial charge in [0.1, 0.15) is 0 Å².